The van der Waals surface area contributed by atoms with Gasteiger partial charge in [-0.1, -0.05) is 5.16 Å². The Morgan fingerprint density at radius 2 is 2.04 bits per heavy atom. The minimum absolute atomic E-state index is 0.244. The number of piperazine rings is 1. The second-order valence-corrected chi connectivity index (χ2v) is 5.17. The molecule has 1 fully saturated rings. The SMILES string of the molecule is Cc1cc(NC(=O)c2cc(N3CCN(C=O)CC3)ncn2)no1. The summed E-state index contributed by atoms with van der Waals surface area (Å²) in [5, 5.41) is 6.33. The third-order valence-corrected chi connectivity index (χ3v) is 3.54. The second kappa shape index (κ2) is 6.42. The predicted octanol–water partition coefficient (Wildman–Crippen LogP) is 0.304. The fourth-order valence-corrected chi connectivity index (χ4v) is 2.31. The number of carbonyl (C=O) groups excluding carboxylic acids is 2. The first-order chi connectivity index (χ1) is 11.2. The molecule has 3 heterocycles. The van der Waals surface area contributed by atoms with Gasteiger partial charge >= 0.3 is 0 Å². The van der Waals surface area contributed by atoms with Crippen molar-refractivity contribution >= 4 is 24.0 Å². The van der Waals surface area contributed by atoms with Crippen molar-refractivity contribution in [3.8, 4) is 0 Å². The summed E-state index contributed by atoms with van der Waals surface area (Å²) in [7, 11) is 0. The summed E-state index contributed by atoms with van der Waals surface area (Å²) in [6.45, 7) is 4.34. The van der Waals surface area contributed by atoms with E-state index in [9.17, 15) is 9.59 Å². The zero-order valence-electron chi connectivity index (χ0n) is 12.6. The van der Waals surface area contributed by atoms with E-state index >= 15 is 0 Å². The van der Waals surface area contributed by atoms with E-state index in [0.717, 1.165) is 6.41 Å². The lowest BCUT2D eigenvalue weighted by Gasteiger charge is -2.33. The van der Waals surface area contributed by atoms with Crippen molar-refractivity contribution < 1.29 is 14.1 Å². The van der Waals surface area contributed by atoms with E-state index in [1.165, 1.54) is 6.33 Å². The lowest BCUT2D eigenvalue weighted by Crippen LogP contribution is -2.46. The minimum atomic E-state index is -0.381. The smallest absolute Gasteiger partial charge is 0.275 e. The second-order valence-electron chi connectivity index (χ2n) is 5.17. The van der Waals surface area contributed by atoms with Gasteiger partial charge in [0.1, 0.15) is 23.6 Å². The highest BCUT2D eigenvalue weighted by Crippen LogP contribution is 2.15. The number of amides is 2. The van der Waals surface area contributed by atoms with Crippen molar-refractivity contribution in [2.75, 3.05) is 36.4 Å². The van der Waals surface area contributed by atoms with Gasteiger partial charge < -0.3 is 19.6 Å². The number of rotatable bonds is 4. The van der Waals surface area contributed by atoms with Gasteiger partial charge in [0, 0.05) is 38.3 Å². The standard InChI is InChI=1S/C14H16N6O3/c1-10-6-12(18-23-10)17-14(22)11-7-13(16-8-15-11)20-4-2-19(9-21)3-5-20/h6-9H,2-5H2,1H3,(H,17,18,22). The van der Waals surface area contributed by atoms with Gasteiger partial charge in [0.2, 0.25) is 6.41 Å². The van der Waals surface area contributed by atoms with Crippen LogP contribution in [0.25, 0.3) is 0 Å². The van der Waals surface area contributed by atoms with Crippen LogP contribution in [0.4, 0.5) is 11.6 Å². The molecule has 1 saturated heterocycles. The first-order valence-corrected chi connectivity index (χ1v) is 7.17. The Balaban J connectivity index is 1.69. The highest BCUT2D eigenvalue weighted by molar-refractivity contribution is 6.02. The van der Waals surface area contributed by atoms with Crippen LogP contribution >= 0.6 is 0 Å². The number of nitrogens with one attached hydrogen (secondary N) is 1. The Labute approximate surface area is 132 Å². The molecule has 9 nitrogen and oxygen atoms in total. The van der Waals surface area contributed by atoms with Crippen LogP contribution in [0.2, 0.25) is 0 Å². The summed E-state index contributed by atoms with van der Waals surface area (Å²) in [5.74, 6) is 1.23. The van der Waals surface area contributed by atoms with E-state index in [0.29, 0.717) is 43.6 Å². The van der Waals surface area contributed by atoms with E-state index in [4.69, 9.17) is 4.52 Å². The normalized spacial score (nSPS) is 14.7. The van der Waals surface area contributed by atoms with Gasteiger partial charge in [-0.05, 0) is 6.92 Å². The molecule has 9 heteroatoms. The fourth-order valence-electron chi connectivity index (χ4n) is 2.31. The summed E-state index contributed by atoms with van der Waals surface area (Å²) in [6.07, 6.45) is 2.19. The van der Waals surface area contributed by atoms with Crippen LogP contribution in [0.5, 0.6) is 0 Å². The van der Waals surface area contributed by atoms with Crippen LogP contribution in [-0.2, 0) is 4.79 Å². The Kier molecular flexibility index (Phi) is 4.18. The number of nitrogens with zero attached hydrogens (tertiary/aromatic N) is 5. The summed E-state index contributed by atoms with van der Waals surface area (Å²) >= 11 is 0. The molecule has 2 amide bonds. The molecule has 1 aliphatic heterocycles. The molecule has 0 aromatic carbocycles. The first kappa shape index (κ1) is 14.9. The topological polar surface area (TPSA) is 104 Å². The van der Waals surface area contributed by atoms with Crippen LogP contribution in [0, 0.1) is 6.92 Å². The fraction of sp³-hybridized carbons (Fsp3) is 0.357. The molecule has 0 bridgehead atoms. The molecule has 0 radical (unpaired) electrons. The molecule has 2 aromatic heterocycles. The summed E-state index contributed by atoms with van der Waals surface area (Å²) in [4.78, 5) is 34.9. The number of aromatic nitrogens is 3. The van der Waals surface area contributed by atoms with Crippen molar-refractivity contribution in [2.24, 2.45) is 0 Å². The van der Waals surface area contributed by atoms with Crippen molar-refractivity contribution in [1.29, 1.82) is 0 Å². The molecule has 0 saturated carbocycles. The zero-order valence-corrected chi connectivity index (χ0v) is 12.6. The average Bonchev–Trinajstić information content (AvgIpc) is 3.00. The maximum absolute atomic E-state index is 12.2. The quantitative estimate of drug-likeness (QED) is 0.809. The minimum Gasteiger partial charge on any atom is -0.360 e. The molecule has 0 spiro atoms. The molecule has 0 atom stereocenters. The number of hydrogen-bond donors (Lipinski definition) is 1. The van der Waals surface area contributed by atoms with E-state index in [1.54, 1.807) is 24.0 Å². The van der Waals surface area contributed by atoms with Gasteiger partial charge in [-0.15, -0.1) is 0 Å². The highest BCUT2D eigenvalue weighted by Gasteiger charge is 2.18. The van der Waals surface area contributed by atoms with Gasteiger partial charge in [0.05, 0.1) is 0 Å². The van der Waals surface area contributed by atoms with Crippen LogP contribution < -0.4 is 10.2 Å². The van der Waals surface area contributed by atoms with Crippen molar-refractivity contribution in [3.63, 3.8) is 0 Å². The Morgan fingerprint density at radius 3 is 2.70 bits per heavy atom. The third kappa shape index (κ3) is 3.44. The van der Waals surface area contributed by atoms with E-state index in [1.807, 2.05) is 4.90 Å². The first-order valence-electron chi connectivity index (χ1n) is 7.17. The van der Waals surface area contributed by atoms with Crippen LogP contribution in [-0.4, -0.2) is 58.5 Å². The lowest BCUT2D eigenvalue weighted by atomic mass is 10.3. The summed E-state index contributed by atoms with van der Waals surface area (Å²) < 4.78 is 4.90. The van der Waals surface area contributed by atoms with Crippen LogP contribution in [0.3, 0.4) is 0 Å². The van der Waals surface area contributed by atoms with Gasteiger partial charge in [-0.25, -0.2) is 9.97 Å². The van der Waals surface area contributed by atoms with Gasteiger partial charge in [-0.3, -0.25) is 9.59 Å². The highest BCUT2D eigenvalue weighted by atomic mass is 16.5. The number of aryl methyl sites for hydroxylation is 1. The summed E-state index contributed by atoms with van der Waals surface area (Å²) in [5.41, 5.74) is 0.244. The molecule has 3 rings (SSSR count). The van der Waals surface area contributed by atoms with Crippen molar-refractivity contribution in [1.82, 2.24) is 20.0 Å². The molecule has 23 heavy (non-hydrogen) atoms. The molecular weight excluding hydrogens is 300 g/mol. The molecule has 2 aromatic rings. The number of hydrogen-bond acceptors (Lipinski definition) is 7. The molecule has 0 unspecified atom stereocenters. The molecule has 120 valence electrons. The van der Waals surface area contributed by atoms with E-state index in [-0.39, 0.29) is 11.6 Å². The maximum Gasteiger partial charge on any atom is 0.275 e. The summed E-state index contributed by atoms with van der Waals surface area (Å²) in [6, 6.07) is 3.25. The third-order valence-electron chi connectivity index (χ3n) is 3.54. The van der Waals surface area contributed by atoms with E-state index in [2.05, 4.69) is 20.4 Å². The van der Waals surface area contributed by atoms with Crippen molar-refractivity contribution in [3.05, 3.63) is 29.9 Å². The zero-order chi connectivity index (χ0) is 16.2. The Hall–Kier alpha value is -2.97. The largest absolute Gasteiger partial charge is 0.360 e. The van der Waals surface area contributed by atoms with Crippen molar-refractivity contribution in [2.45, 2.75) is 6.92 Å². The van der Waals surface area contributed by atoms with Gasteiger partial charge in [0.15, 0.2) is 5.82 Å². The van der Waals surface area contributed by atoms with Crippen LogP contribution in [0.15, 0.2) is 23.0 Å². The number of anilines is 2. The Bertz CT molecular complexity index is 708. The molecule has 0 aliphatic carbocycles. The molecule has 1 aliphatic rings. The molecular formula is C14H16N6O3. The monoisotopic (exact) mass is 316 g/mol. The number of carbonyl (C=O) groups is 2. The van der Waals surface area contributed by atoms with Gasteiger partial charge in [-0.2, -0.15) is 0 Å². The predicted molar refractivity (Wildman–Crippen MR) is 81.1 cm³/mol. The Morgan fingerprint density at radius 1 is 1.26 bits per heavy atom. The average molecular weight is 316 g/mol. The lowest BCUT2D eigenvalue weighted by molar-refractivity contribution is -0.118. The van der Waals surface area contributed by atoms with Gasteiger partial charge in [0.25, 0.3) is 5.91 Å². The van der Waals surface area contributed by atoms with Crippen LogP contribution in [0.1, 0.15) is 16.2 Å². The maximum atomic E-state index is 12.2. The molecule has 1 N–H and O–H groups in total. The van der Waals surface area contributed by atoms with E-state index < -0.39 is 0 Å².